The lowest BCUT2D eigenvalue weighted by Gasteiger charge is -2.29. The van der Waals surface area contributed by atoms with Gasteiger partial charge < -0.3 is 10.2 Å². The number of rotatable bonds is 4. The zero-order valence-electron chi connectivity index (χ0n) is 19.2. The second-order valence-corrected chi connectivity index (χ2v) is 11.2. The van der Waals surface area contributed by atoms with Gasteiger partial charge in [-0.05, 0) is 30.3 Å². The average molecular weight is 523 g/mol. The molecule has 5 rings (SSSR count). The molecule has 1 atom stereocenters. The number of halogens is 1. The number of hydrogen-bond acceptors (Lipinski definition) is 6. The second-order valence-electron chi connectivity index (χ2n) is 8.55. The molecule has 1 fully saturated rings. The Hall–Kier alpha value is -3.69. The molecule has 0 bridgehead atoms. The second kappa shape index (κ2) is 9.75. The number of hydrogen-bond donors (Lipinski definition) is 1. The summed E-state index contributed by atoms with van der Waals surface area (Å²) in [4.78, 5) is 32.9. The number of carbonyl (C=O) groups excluding carboxylic acids is 2. The molecule has 0 spiro atoms. The Morgan fingerprint density at radius 3 is 2.28 bits per heavy atom. The van der Waals surface area contributed by atoms with Crippen LogP contribution in [0.2, 0.25) is 0 Å². The molecule has 8 nitrogen and oxygen atoms in total. The molecule has 0 radical (unpaired) electrons. The van der Waals surface area contributed by atoms with Crippen LogP contribution in [0.1, 0.15) is 21.5 Å². The quantitative estimate of drug-likeness (QED) is 0.530. The lowest BCUT2D eigenvalue weighted by atomic mass is 10.0. The maximum Gasteiger partial charge on any atom is 0.271 e. The molecule has 184 valence electrons. The van der Waals surface area contributed by atoms with Crippen molar-refractivity contribution in [2.45, 2.75) is 6.17 Å². The summed E-state index contributed by atoms with van der Waals surface area (Å²) in [6.07, 6.45) is -1.30. The largest absolute Gasteiger partial charge is 0.369 e. The van der Waals surface area contributed by atoms with E-state index >= 15 is 0 Å². The van der Waals surface area contributed by atoms with Gasteiger partial charge in [0.2, 0.25) is 6.17 Å². The number of carbonyl (C=O) groups is 2. The molecule has 10 heteroatoms. The smallest absolute Gasteiger partial charge is 0.271 e. The molecule has 3 aromatic carbocycles. The minimum Gasteiger partial charge on any atom is -0.369 e. The summed E-state index contributed by atoms with van der Waals surface area (Å²) < 4.78 is 24.2. The highest BCUT2D eigenvalue weighted by Gasteiger charge is 2.33. The van der Waals surface area contributed by atoms with Gasteiger partial charge in [-0.15, -0.1) is 0 Å². The molecule has 1 saturated heterocycles. The van der Waals surface area contributed by atoms with Gasteiger partial charge in [0, 0.05) is 47.2 Å². The first-order chi connectivity index (χ1) is 17.3. The summed E-state index contributed by atoms with van der Waals surface area (Å²) in [7, 11) is -2.99. The van der Waals surface area contributed by atoms with Crippen LogP contribution in [0.25, 0.3) is 0 Å². The van der Waals surface area contributed by atoms with Crippen LogP contribution >= 0.6 is 11.8 Å². The van der Waals surface area contributed by atoms with E-state index in [2.05, 4.69) is 10.3 Å². The van der Waals surface area contributed by atoms with E-state index in [0.29, 0.717) is 24.5 Å². The number of para-hydroxylation sites is 1. The number of benzene rings is 3. The van der Waals surface area contributed by atoms with Crippen molar-refractivity contribution in [2.75, 3.05) is 34.8 Å². The molecule has 2 heterocycles. The number of sulfone groups is 1. The molecule has 36 heavy (non-hydrogen) atoms. The molecular weight excluding hydrogens is 500 g/mol. The van der Waals surface area contributed by atoms with Crippen LogP contribution in [-0.2, 0) is 14.6 Å². The van der Waals surface area contributed by atoms with Gasteiger partial charge in [-0.3, -0.25) is 9.59 Å². The van der Waals surface area contributed by atoms with Crippen LogP contribution in [0.5, 0.6) is 0 Å². The number of nitrogens with zero attached hydrogens (tertiary/aromatic N) is 3. The summed E-state index contributed by atoms with van der Waals surface area (Å²) in [5, 5.41) is 2.83. The predicted molar refractivity (Wildman–Crippen MR) is 140 cm³/mol. The van der Waals surface area contributed by atoms with Crippen molar-refractivity contribution in [3.63, 3.8) is 0 Å². The highest BCUT2D eigenvalue weighted by molar-refractivity contribution is 7.91. The van der Waals surface area contributed by atoms with Crippen LogP contribution < -0.4 is 10.2 Å². The van der Waals surface area contributed by atoms with Crippen molar-refractivity contribution >= 4 is 50.5 Å². The topological polar surface area (TPSA) is 99.2 Å². The molecule has 0 aromatic heterocycles. The van der Waals surface area contributed by atoms with Crippen molar-refractivity contribution in [1.29, 1.82) is 0 Å². The summed E-state index contributed by atoms with van der Waals surface area (Å²) >= 11 is 6.47. The van der Waals surface area contributed by atoms with Gasteiger partial charge in [0.15, 0.2) is 9.84 Å². The molecule has 3 aromatic rings. The standard InChI is InChI=1S/C26H23ClN4O4S/c27-31(26(33)19-10-12-20(13-11-19)30-14-16-36(34,35)17-15-30)24-25(32)28-22-9-5-4-8-21(22)23(29-24)18-6-2-1-3-7-18/h1-13,24H,14-17H2,(H,28,32). The molecule has 1 N–H and O–H groups in total. The van der Waals surface area contributed by atoms with E-state index in [-0.39, 0.29) is 17.1 Å². The summed E-state index contributed by atoms with van der Waals surface area (Å²) in [5.41, 5.74) is 3.74. The Bertz CT molecular complexity index is 1430. The lowest BCUT2D eigenvalue weighted by Crippen LogP contribution is -2.41. The van der Waals surface area contributed by atoms with Crippen molar-refractivity contribution in [3.8, 4) is 0 Å². The molecular formula is C26H23ClN4O4S. The molecule has 1 unspecified atom stereocenters. The number of anilines is 2. The van der Waals surface area contributed by atoms with Crippen LogP contribution in [0.3, 0.4) is 0 Å². The number of aliphatic imine (C=N–C) groups is 1. The maximum absolute atomic E-state index is 13.2. The van der Waals surface area contributed by atoms with E-state index in [4.69, 9.17) is 11.8 Å². The third-order valence-corrected chi connectivity index (χ3v) is 8.15. The summed E-state index contributed by atoms with van der Waals surface area (Å²) in [5.74, 6) is -0.900. The Balaban J connectivity index is 1.42. The summed E-state index contributed by atoms with van der Waals surface area (Å²) in [6.45, 7) is 0.800. The molecule has 0 aliphatic carbocycles. The highest BCUT2D eigenvalue weighted by Crippen LogP contribution is 2.27. The first-order valence-corrected chi connectivity index (χ1v) is 13.6. The molecule has 0 saturated carbocycles. The van der Waals surface area contributed by atoms with Crippen LogP contribution in [0, 0.1) is 0 Å². The Kier molecular flexibility index (Phi) is 6.51. The monoisotopic (exact) mass is 522 g/mol. The lowest BCUT2D eigenvalue weighted by molar-refractivity contribution is -0.119. The van der Waals surface area contributed by atoms with E-state index in [1.54, 1.807) is 30.3 Å². The van der Waals surface area contributed by atoms with Gasteiger partial charge in [0.25, 0.3) is 11.8 Å². The maximum atomic E-state index is 13.2. The van der Waals surface area contributed by atoms with Crippen LogP contribution in [0.15, 0.2) is 83.9 Å². The van der Waals surface area contributed by atoms with Crippen molar-refractivity contribution in [3.05, 3.63) is 95.6 Å². The third-order valence-electron chi connectivity index (χ3n) is 6.21. The molecule has 2 amide bonds. The normalized spacial score (nSPS) is 18.9. The van der Waals surface area contributed by atoms with Gasteiger partial charge in [-0.2, -0.15) is 0 Å². The van der Waals surface area contributed by atoms with E-state index in [1.807, 2.05) is 53.4 Å². The minimum absolute atomic E-state index is 0.101. The molecule has 2 aliphatic heterocycles. The first kappa shape index (κ1) is 24.0. The first-order valence-electron chi connectivity index (χ1n) is 11.4. The molecule has 2 aliphatic rings. The number of amides is 2. The fraction of sp³-hybridized carbons (Fsp3) is 0.192. The van der Waals surface area contributed by atoms with Gasteiger partial charge in [-0.25, -0.2) is 17.8 Å². The highest BCUT2D eigenvalue weighted by atomic mass is 35.5. The number of benzodiazepines with no additional fused rings is 1. The Morgan fingerprint density at radius 2 is 1.58 bits per heavy atom. The fourth-order valence-corrected chi connectivity index (χ4v) is 5.68. The third kappa shape index (κ3) is 4.84. The number of fused-ring (bicyclic) bond motifs is 1. The van der Waals surface area contributed by atoms with Crippen molar-refractivity contribution < 1.29 is 18.0 Å². The minimum atomic E-state index is -2.99. The Labute approximate surface area is 214 Å². The van der Waals surface area contributed by atoms with E-state index in [1.165, 1.54) is 0 Å². The average Bonchev–Trinajstić information content (AvgIpc) is 3.04. The summed E-state index contributed by atoms with van der Waals surface area (Å²) in [6, 6.07) is 23.4. The van der Waals surface area contributed by atoms with Gasteiger partial charge >= 0.3 is 0 Å². The SMILES string of the molecule is O=C1Nc2ccccc2C(c2ccccc2)=NC1N(Cl)C(=O)c1ccc(N2CCS(=O)(=O)CC2)cc1. The Morgan fingerprint density at radius 1 is 0.944 bits per heavy atom. The van der Waals surface area contributed by atoms with E-state index in [0.717, 1.165) is 21.2 Å². The fourth-order valence-electron chi connectivity index (χ4n) is 4.25. The zero-order chi connectivity index (χ0) is 25.3. The number of nitrogens with one attached hydrogen (secondary N) is 1. The van der Waals surface area contributed by atoms with Gasteiger partial charge in [-0.1, -0.05) is 48.5 Å². The van der Waals surface area contributed by atoms with Crippen molar-refractivity contribution in [1.82, 2.24) is 4.42 Å². The van der Waals surface area contributed by atoms with E-state index in [9.17, 15) is 18.0 Å². The van der Waals surface area contributed by atoms with Crippen LogP contribution in [0.4, 0.5) is 11.4 Å². The van der Waals surface area contributed by atoms with Gasteiger partial charge in [0.1, 0.15) is 0 Å². The van der Waals surface area contributed by atoms with Gasteiger partial charge in [0.05, 0.1) is 22.9 Å². The zero-order valence-corrected chi connectivity index (χ0v) is 20.7. The van der Waals surface area contributed by atoms with Crippen molar-refractivity contribution in [2.24, 2.45) is 4.99 Å². The van der Waals surface area contributed by atoms with E-state index < -0.39 is 27.8 Å². The van der Waals surface area contributed by atoms with Crippen LogP contribution in [-0.4, -0.2) is 61.1 Å². The predicted octanol–water partition coefficient (Wildman–Crippen LogP) is 3.33.